The highest BCUT2D eigenvalue weighted by atomic mass is 35.5. The average Bonchev–Trinajstić information content (AvgIpc) is 3.35. The highest BCUT2D eigenvalue weighted by Gasteiger charge is 2.23. The van der Waals surface area contributed by atoms with Gasteiger partial charge in [-0.2, -0.15) is 0 Å². The quantitative estimate of drug-likeness (QED) is 0.279. The summed E-state index contributed by atoms with van der Waals surface area (Å²) in [6, 6.07) is 16.9. The van der Waals surface area contributed by atoms with Crippen molar-refractivity contribution in [3.63, 3.8) is 0 Å². The maximum atomic E-state index is 12.7. The third kappa shape index (κ3) is 6.47. The monoisotopic (exact) mass is 508 g/mol. The van der Waals surface area contributed by atoms with Crippen LogP contribution < -0.4 is 21.1 Å². The van der Waals surface area contributed by atoms with Crippen LogP contribution in [0.2, 0.25) is 5.02 Å². The van der Waals surface area contributed by atoms with Gasteiger partial charge in [0.1, 0.15) is 5.75 Å². The van der Waals surface area contributed by atoms with E-state index in [2.05, 4.69) is 15.5 Å². The molecule has 0 bridgehead atoms. The molecule has 3 aromatic rings. The second kappa shape index (κ2) is 12.1. The zero-order valence-electron chi connectivity index (χ0n) is 20.6. The number of carbonyl (C=O) groups excluding carboxylic acids is 2. The molecule has 190 valence electrons. The number of halogens is 1. The zero-order chi connectivity index (χ0) is 25.5. The first-order valence-corrected chi connectivity index (χ1v) is 12.7. The molecule has 0 aromatic heterocycles. The number of hydrogen-bond acceptors (Lipinski definition) is 5. The number of anilines is 1. The number of nitrogens with zero attached hydrogens (tertiary/aromatic N) is 1. The second-order valence-corrected chi connectivity index (χ2v) is 9.67. The van der Waals surface area contributed by atoms with Crippen LogP contribution in [0.5, 0.6) is 5.75 Å². The normalized spacial score (nSPS) is 15.7. The molecule has 7 nitrogen and oxygen atoms in total. The molecule has 0 aliphatic carbocycles. The predicted molar refractivity (Wildman–Crippen MR) is 145 cm³/mol. The molecule has 1 atom stereocenters. The fourth-order valence-electron chi connectivity index (χ4n) is 4.63. The minimum atomic E-state index is -0.214. The van der Waals surface area contributed by atoms with Crippen LogP contribution in [-0.2, 0) is 0 Å². The third-order valence-corrected chi connectivity index (χ3v) is 7.01. The van der Waals surface area contributed by atoms with E-state index in [-0.39, 0.29) is 11.8 Å². The Labute approximate surface area is 216 Å². The minimum Gasteiger partial charge on any atom is -0.496 e. The van der Waals surface area contributed by atoms with Crippen LogP contribution in [0, 0.1) is 5.92 Å². The lowest BCUT2D eigenvalue weighted by Gasteiger charge is -2.17. The van der Waals surface area contributed by atoms with Gasteiger partial charge >= 0.3 is 0 Å². The van der Waals surface area contributed by atoms with Gasteiger partial charge in [-0.15, -0.1) is 0 Å². The summed E-state index contributed by atoms with van der Waals surface area (Å²) >= 11 is 6.08. The van der Waals surface area contributed by atoms with Gasteiger partial charge in [-0.05, 0) is 67.2 Å². The Morgan fingerprint density at radius 1 is 1.06 bits per heavy atom. The summed E-state index contributed by atoms with van der Waals surface area (Å²) in [4.78, 5) is 27.6. The Balaban J connectivity index is 1.14. The van der Waals surface area contributed by atoms with Crippen LogP contribution in [0.4, 0.5) is 5.69 Å². The molecule has 0 saturated carbocycles. The summed E-state index contributed by atoms with van der Waals surface area (Å²) in [7, 11) is 1.50. The molecule has 1 saturated heterocycles. The molecule has 1 aliphatic rings. The van der Waals surface area contributed by atoms with Crippen molar-refractivity contribution in [2.45, 2.75) is 19.3 Å². The molecule has 2 amide bonds. The van der Waals surface area contributed by atoms with Gasteiger partial charge in [-0.1, -0.05) is 41.9 Å². The van der Waals surface area contributed by atoms with Crippen LogP contribution in [0.15, 0.2) is 54.6 Å². The largest absolute Gasteiger partial charge is 0.496 e. The van der Waals surface area contributed by atoms with E-state index < -0.39 is 0 Å². The molecule has 1 heterocycles. The van der Waals surface area contributed by atoms with Gasteiger partial charge in [0.05, 0.1) is 23.4 Å². The van der Waals surface area contributed by atoms with Crippen LogP contribution in [0.25, 0.3) is 10.8 Å². The van der Waals surface area contributed by atoms with E-state index in [1.165, 1.54) is 7.11 Å². The van der Waals surface area contributed by atoms with E-state index in [4.69, 9.17) is 22.1 Å². The van der Waals surface area contributed by atoms with Crippen molar-refractivity contribution in [1.29, 1.82) is 0 Å². The molecular weight excluding hydrogens is 476 g/mol. The smallest absolute Gasteiger partial charge is 0.255 e. The topological polar surface area (TPSA) is 96.7 Å². The van der Waals surface area contributed by atoms with Crippen molar-refractivity contribution in [3.8, 4) is 5.75 Å². The van der Waals surface area contributed by atoms with Gasteiger partial charge < -0.3 is 26.0 Å². The third-order valence-electron chi connectivity index (χ3n) is 6.68. The molecule has 36 heavy (non-hydrogen) atoms. The number of carbonyl (C=O) groups is 2. The minimum absolute atomic E-state index is 0.0308. The number of rotatable bonds is 10. The molecule has 4 rings (SSSR count). The van der Waals surface area contributed by atoms with Crippen molar-refractivity contribution in [3.05, 3.63) is 70.7 Å². The van der Waals surface area contributed by atoms with Gasteiger partial charge in [0.2, 0.25) is 0 Å². The fraction of sp³-hybridized carbons (Fsp3) is 0.357. The van der Waals surface area contributed by atoms with Crippen LogP contribution in [0.1, 0.15) is 40.0 Å². The number of benzene rings is 3. The lowest BCUT2D eigenvalue weighted by molar-refractivity contribution is 0.0938. The Morgan fingerprint density at radius 2 is 1.86 bits per heavy atom. The maximum absolute atomic E-state index is 12.7. The molecule has 0 unspecified atom stereocenters. The van der Waals surface area contributed by atoms with Gasteiger partial charge in [-0.3, -0.25) is 9.59 Å². The Morgan fingerprint density at radius 3 is 2.67 bits per heavy atom. The van der Waals surface area contributed by atoms with E-state index in [1.54, 1.807) is 12.1 Å². The number of unbranched alkanes of at least 4 members (excludes halogenated alkanes) is 1. The van der Waals surface area contributed by atoms with Crippen molar-refractivity contribution in [2.75, 3.05) is 45.6 Å². The van der Waals surface area contributed by atoms with E-state index >= 15 is 0 Å². The predicted octanol–water partition coefficient (Wildman–Crippen LogP) is 4.35. The molecule has 0 spiro atoms. The summed E-state index contributed by atoms with van der Waals surface area (Å²) in [5.41, 5.74) is 7.26. The molecule has 0 radical (unpaired) electrons. The molecule has 4 N–H and O–H groups in total. The van der Waals surface area contributed by atoms with Crippen molar-refractivity contribution < 1.29 is 14.3 Å². The SMILES string of the molecule is COc1cc(N)c(Cl)cc1C(=O)NC[C@H]1CCN(CCCCNC(=O)c2ccc3ccccc3c2)C1. The molecule has 8 heteroatoms. The van der Waals surface area contributed by atoms with E-state index in [9.17, 15) is 9.59 Å². The summed E-state index contributed by atoms with van der Waals surface area (Å²) in [5.74, 6) is 0.568. The number of nitrogen functional groups attached to an aromatic ring is 1. The number of amides is 2. The number of likely N-dealkylation sites (tertiary alicyclic amines) is 1. The van der Waals surface area contributed by atoms with Crippen molar-refractivity contribution in [2.24, 2.45) is 5.92 Å². The van der Waals surface area contributed by atoms with Crippen molar-refractivity contribution in [1.82, 2.24) is 15.5 Å². The lowest BCUT2D eigenvalue weighted by Crippen LogP contribution is -2.31. The van der Waals surface area contributed by atoms with Crippen molar-refractivity contribution >= 4 is 39.9 Å². The Bertz CT molecular complexity index is 1230. The number of nitrogens with one attached hydrogen (secondary N) is 2. The number of nitrogens with two attached hydrogens (primary N) is 1. The number of hydrogen-bond donors (Lipinski definition) is 3. The molecule has 1 fully saturated rings. The van der Waals surface area contributed by atoms with Crippen LogP contribution in [-0.4, -0.2) is 56.5 Å². The maximum Gasteiger partial charge on any atom is 0.255 e. The van der Waals surface area contributed by atoms with Crippen LogP contribution >= 0.6 is 11.6 Å². The van der Waals surface area contributed by atoms with E-state index in [0.717, 1.165) is 49.7 Å². The summed E-state index contributed by atoms with van der Waals surface area (Å²) in [6.45, 7) is 4.20. The van der Waals surface area contributed by atoms with Crippen LogP contribution in [0.3, 0.4) is 0 Å². The highest BCUT2D eigenvalue weighted by Crippen LogP contribution is 2.29. The zero-order valence-corrected chi connectivity index (χ0v) is 21.3. The first-order chi connectivity index (χ1) is 17.4. The van der Waals surface area contributed by atoms with Gasteiger partial charge in [0.15, 0.2) is 0 Å². The van der Waals surface area contributed by atoms with Gasteiger partial charge in [-0.25, -0.2) is 0 Å². The summed E-state index contributed by atoms with van der Waals surface area (Å²) < 4.78 is 5.28. The highest BCUT2D eigenvalue weighted by molar-refractivity contribution is 6.33. The second-order valence-electron chi connectivity index (χ2n) is 9.26. The standard InChI is InChI=1S/C28H33ClN4O3/c1-36-26-16-25(30)24(29)15-23(26)28(35)32-17-19-10-13-33(18-19)12-5-4-11-31-27(34)22-9-8-20-6-2-3-7-21(20)14-22/h2-3,6-9,14-16,19H,4-5,10-13,17-18,30H2,1H3,(H,31,34)(H,32,35)/t19-/m1/s1. The fourth-order valence-corrected chi connectivity index (χ4v) is 4.79. The first-order valence-electron chi connectivity index (χ1n) is 12.3. The molecular formula is C28H33ClN4O3. The Hall–Kier alpha value is -3.29. The summed E-state index contributed by atoms with van der Waals surface area (Å²) in [6.07, 6.45) is 2.98. The number of methoxy groups -OCH3 is 1. The van der Waals surface area contributed by atoms with E-state index in [1.807, 2.05) is 42.5 Å². The lowest BCUT2D eigenvalue weighted by atomic mass is 10.1. The molecule has 1 aliphatic heterocycles. The van der Waals surface area contributed by atoms with Gasteiger partial charge in [0, 0.05) is 31.3 Å². The molecule has 3 aromatic carbocycles. The van der Waals surface area contributed by atoms with Gasteiger partial charge in [0.25, 0.3) is 11.8 Å². The average molecular weight is 509 g/mol. The summed E-state index contributed by atoms with van der Waals surface area (Å²) in [5, 5.41) is 8.57. The Kier molecular flexibility index (Phi) is 8.67. The first kappa shape index (κ1) is 25.8. The number of fused-ring (bicyclic) bond motifs is 1. The number of ether oxygens (including phenoxy) is 1. The van der Waals surface area contributed by atoms with E-state index in [0.29, 0.717) is 46.6 Å².